The standard InChI is InChI=1S/C12H13NO2/c1-8-6-13-7-11-10(8)4-9(14-2)5-12(11)15-3/h4-7H,1-3H3. The Kier molecular flexibility index (Phi) is 2.46. The molecule has 2 rings (SSSR count). The van der Waals surface area contributed by atoms with Crippen LogP contribution in [0.3, 0.4) is 0 Å². The highest BCUT2D eigenvalue weighted by Crippen LogP contribution is 2.31. The third-order valence-electron chi connectivity index (χ3n) is 2.47. The van der Waals surface area contributed by atoms with E-state index in [4.69, 9.17) is 9.47 Å². The minimum atomic E-state index is 0.792. The normalized spacial score (nSPS) is 10.3. The molecule has 0 aliphatic carbocycles. The molecule has 0 amide bonds. The van der Waals surface area contributed by atoms with Gasteiger partial charge in [0.15, 0.2) is 0 Å². The average molecular weight is 203 g/mol. The number of hydrogen-bond donors (Lipinski definition) is 0. The van der Waals surface area contributed by atoms with Crippen LogP contribution in [0.5, 0.6) is 11.5 Å². The van der Waals surface area contributed by atoms with E-state index in [0.29, 0.717) is 0 Å². The number of rotatable bonds is 2. The predicted molar refractivity (Wildman–Crippen MR) is 59.6 cm³/mol. The summed E-state index contributed by atoms with van der Waals surface area (Å²) in [6.45, 7) is 2.02. The number of pyridine rings is 1. The summed E-state index contributed by atoms with van der Waals surface area (Å²) in [7, 11) is 3.30. The zero-order valence-electron chi connectivity index (χ0n) is 9.07. The third-order valence-corrected chi connectivity index (χ3v) is 2.47. The van der Waals surface area contributed by atoms with E-state index in [1.807, 2.05) is 25.3 Å². The van der Waals surface area contributed by atoms with Crippen LogP contribution in [-0.2, 0) is 0 Å². The molecule has 15 heavy (non-hydrogen) atoms. The van der Waals surface area contributed by atoms with Crippen LogP contribution in [0, 0.1) is 6.92 Å². The van der Waals surface area contributed by atoms with Crippen molar-refractivity contribution in [2.24, 2.45) is 0 Å². The Morgan fingerprint density at radius 1 is 1.00 bits per heavy atom. The lowest BCUT2D eigenvalue weighted by Gasteiger charge is -2.09. The fourth-order valence-corrected chi connectivity index (χ4v) is 1.64. The van der Waals surface area contributed by atoms with E-state index in [0.717, 1.165) is 27.8 Å². The van der Waals surface area contributed by atoms with E-state index < -0.39 is 0 Å². The van der Waals surface area contributed by atoms with E-state index in [1.165, 1.54) is 0 Å². The first kappa shape index (κ1) is 9.77. The molecule has 1 aromatic heterocycles. The maximum Gasteiger partial charge on any atom is 0.131 e. The van der Waals surface area contributed by atoms with Gasteiger partial charge >= 0.3 is 0 Å². The summed E-state index contributed by atoms with van der Waals surface area (Å²) in [5, 5.41) is 2.12. The summed E-state index contributed by atoms with van der Waals surface area (Å²) in [5.41, 5.74) is 1.12. The van der Waals surface area contributed by atoms with Crippen molar-refractivity contribution in [1.29, 1.82) is 0 Å². The lowest BCUT2D eigenvalue weighted by molar-refractivity contribution is 0.398. The quantitative estimate of drug-likeness (QED) is 0.751. The van der Waals surface area contributed by atoms with Crippen molar-refractivity contribution in [2.75, 3.05) is 14.2 Å². The highest BCUT2D eigenvalue weighted by atomic mass is 16.5. The second-order valence-corrected chi connectivity index (χ2v) is 3.38. The van der Waals surface area contributed by atoms with Gasteiger partial charge in [0, 0.05) is 23.8 Å². The Balaban J connectivity index is 2.80. The van der Waals surface area contributed by atoms with Crippen LogP contribution in [-0.4, -0.2) is 19.2 Å². The van der Waals surface area contributed by atoms with E-state index in [2.05, 4.69) is 4.98 Å². The van der Waals surface area contributed by atoms with Gasteiger partial charge in [0.2, 0.25) is 0 Å². The molecule has 0 spiro atoms. The van der Waals surface area contributed by atoms with Crippen LogP contribution in [0.2, 0.25) is 0 Å². The molecular formula is C12H13NO2. The third kappa shape index (κ3) is 1.61. The molecule has 0 aliphatic heterocycles. The topological polar surface area (TPSA) is 31.4 Å². The molecule has 0 N–H and O–H groups in total. The average Bonchev–Trinajstić information content (AvgIpc) is 2.28. The predicted octanol–water partition coefficient (Wildman–Crippen LogP) is 2.56. The van der Waals surface area contributed by atoms with E-state index in [1.54, 1.807) is 20.4 Å². The fraction of sp³-hybridized carbons (Fsp3) is 0.250. The molecule has 0 aliphatic rings. The number of aryl methyl sites for hydroxylation is 1. The molecule has 2 aromatic rings. The van der Waals surface area contributed by atoms with Crippen molar-refractivity contribution in [2.45, 2.75) is 6.92 Å². The summed E-state index contributed by atoms with van der Waals surface area (Å²) >= 11 is 0. The molecule has 0 saturated heterocycles. The molecular weight excluding hydrogens is 190 g/mol. The molecule has 0 radical (unpaired) electrons. The van der Waals surface area contributed by atoms with Crippen LogP contribution < -0.4 is 9.47 Å². The molecule has 3 nitrogen and oxygen atoms in total. The molecule has 1 aromatic carbocycles. The van der Waals surface area contributed by atoms with Crippen molar-refractivity contribution in [1.82, 2.24) is 4.98 Å². The first-order valence-corrected chi connectivity index (χ1v) is 4.72. The van der Waals surface area contributed by atoms with Crippen LogP contribution in [0.4, 0.5) is 0 Å². The van der Waals surface area contributed by atoms with Gasteiger partial charge in [-0.3, -0.25) is 4.98 Å². The molecule has 0 bridgehead atoms. The summed E-state index contributed by atoms with van der Waals surface area (Å²) < 4.78 is 10.5. The van der Waals surface area contributed by atoms with Crippen molar-refractivity contribution >= 4 is 10.8 Å². The second-order valence-electron chi connectivity index (χ2n) is 3.38. The van der Waals surface area contributed by atoms with Crippen LogP contribution in [0.25, 0.3) is 10.8 Å². The number of nitrogens with zero attached hydrogens (tertiary/aromatic N) is 1. The first-order chi connectivity index (χ1) is 7.26. The lowest BCUT2D eigenvalue weighted by Crippen LogP contribution is -1.91. The summed E-state index contributed by atoms with van der Waals surface area (Å²) in [4.78, 5) is 4.16. The Morgan fingerprint density at radius 2 is 1.80 bits per heavy atom. The Bertz CT molecular complexity index is 494. The molecule has 3 heteroatoms. The van der Waals surface area contributed by atoms with Gasteiger partial charge in [-0.25, -0.2) is 0 Å². The smallest absolute Gasteiger partial charge is 0.131 e. The van der Waals surface area contributed by atoms with Crippen molar-refractivity contribution in [3.05, 3.63) is 30.1 Å². The first-order valence-electron chi connectivity index (χ1n) is 4.72. The molecule has 78 valence electrons. The van der Waals surface area contributed by atoms with Gasteiger partial charge in [-0.2, -0.15) is 0 Å². The maximum absolute atomic E-state index is 5.30. The number of aromatic nitrogens is 1. The molecule has 0 atom stereocenters. The lowest BCUT2D eigenvalue weighted by atomic mass is 10.1. The Morgan fingerprint density at radius 3 is 2.47 bits per heavy atom. The van der Waals surface area contributed by atoms with Gasteiger partial charge < -0.3 is 9.47 Å². The largest absolute Gasteiger partial charge is 0.497 e. The highest BCUT2D eigenvalue weighted by Gasteiger charge is 2.06. The van der Waals surface area contributed by atoms with Crippen LogP contribution >= 0.6 is 0 Å². The summed E-state index contributed by atoms with van der Waals surface area (Å²) in [6.07, 6.45) is 3.64. The van der Waals surface area contributed by atoms with E-state index >= 15 is 0 Å². The number of ether oxygens (including phenoxy) is 2. The van der Waals surface area contributed by atoms with Gasteiger partial charge in [-0.15, -0.1) is 0 Å². The van der Waals surface area contributed by atoms with Gasteiger partial charge in [0.25, 0.3) is 0 Å². The minimum Gasteiger partial charge on any atom is -0.497 e. The highest BCUT2D eigenvalue weighted by molar-refractivity contribution is 5.91. The molecule has 0 fully saturated rings. The van der Waals surface area contributed by atoms with Gasteiger partial charge in [0.05, 0.1) is 14.2 Å². The Hall–Kier alpha value is -1.77. The van der Waals surface area contributed by atoms with E-state index in [9.17, 15) is 0 Å². The summed E-state index contributed by atoms with van der Waals surface area (Å²) in [6, 6.07) is 3.86. The Labute approximate surface area is 88.7 Å². The molecule has 1 heterocycles. The van der Waals surface area contributed by atoms with E-state index in [-0.39, 0.29) is 0 Å². The van der Waals surface area contributed by atoms with Gasteiger partial charge in [0.1, 0.15) is 11.5 Å². The van der Waals surface area contributed by atoms with Crippen molar-refractivity contribution < 1.29 is 9.47 Å². The SMILES string of the molecule is COc1cc(OC)c2cncc(C)c2c1. The zero-order chi connectivity index (χ0) is 10.8. The van der Waals surface area contributed by atoms with Crippen LogP contribution in [0.15, 0.2) is 24.5 Å². The van der Waals surface area contributed by atoms with Crippen LogP contribution in [0.1, 0.15) is 5.56 Å². The van der Waals surface area contributed by atoms with Gasteiger partial charge in [-0.05, 0) is 23.9 Å². The van der Waals surface area contributed by atoms with Gasteiger partial charge in [-0.1, -0.05) is 0 Å². The minimum absolute atomic E-state index is 0.792. The molecule has 0 unspecified atom stereocenters. The number of fused-ring (bicyclic) bond motifs is 1. The zero-order valence-corrected chi connectivity index (χ0v) is 9.07. The monoisotopic (exact) mass is 203 g/mol. The number of hydrogen-bond acceptors (Lipinski definition) is 3. The number of methoxy groups -OCH3 is 2. The molecule has 0 saturated carbocycles. The maximum atomic E-state index is 5.30. The van der Waals surface area contributed by atoms with Crippen molar-refractivity contribution in [3.63, 3.8) is 0 Å². The second kappa shape index (κ2) is 3.77. The summed E-state index contributed by atoms with van der Waals surface area (Å²) in [5.74, 6) is 1.59. The fourth-order valence-electron chi connectivity index (χ4n) is 1.64. The van der Waals surface area contributed by atoms with Crippen molar-refractivity contribution in [3.8, 4) is 11.5 Å². The number of benzene rings is 1.